The van der Waals surface area contributed by atoms with E-state index in [1.54, 1.807) is 34.3 Å². The van der Waals surface area contributed by atoms with Crippen molar-refractivity contribution in [3.05, 3.63) is 35.4 Å². The topological polar surface area (TPSA) is 122 Å². The van der Waals surface area contributed by atoms with Gasteiger partial charge >= 0.3 is 0 Å². The number of hydrogen-bond donors (Lipinski definition) is 0. The van der Waals surface area contributed by atoms with Gasteiger partial charge in [-0.05, 0) is 59.7 Å². The molecule has 12 heteroatoms. The third-order valence-corrected chi connectivity index (χ3v) is 9.30. The molecule has 0 aliphatic carbocycles. The molecule has 6 saturated heterocycles. The number of ether oxygens (including phenoxy) is 6. The molecule has 0 spiro atoms. The molecule has 6 atom stereocenters. The smallest absolute Gasteiger partial charge is 0.283 e. The van der Waals surface area contributed by atoms with E-state index in [2.05, 4.69) is 37.7 Å². The summed E-state index contributed by atoms with van der Waals surface area (Å²) >= 11 is 0. The fourth-order valence-corrected chi connectivity index (χ4v) is 5.74. The molecule has 7 rings (SSSR count). The summed E-state index contributed by atoms with van der Waals surface area (Å²) in [5.41, 5.74) is -1.29. The van der Waals surface area contributed by atoms with Crippen LogP contribution in [0.25, 0.3) is 0 Å². The molecule has 6 aliphatic rings. The third kappa shape index (κ3) is 7.13. The Morgan fingerprint density at radius 2 is 0.841 bits per heavy atom. The molecule has 0 bridgehead atoms. The first-order valence-corrected chi connectivity index (χ1v) is 15.7. The lowest BCUT2D eigenvalue weighted by atomic mass is 10.1. The van der Waals surface area contributed by atoms with Gasteiger partial charge in [0.2, 0.25) is 0 Å². The van der Waals surface area contributed by atoms with Crippen LogP contribution in [0.4, 0.5) is 0 Å². The highest BCUT2D eigenvalue weighted by atomic mass is 16.6. The van der Waals surface area contributed by atoms with E-state index in [0.29, 0.717) is 90.0 Å². The molecular weight excluding hydrogens is 568 g/mol. The first-order chi connectivity index (χ1) is 20.6. The summed E-state index contributed by atoms with van der Waals surface area (Å²) in [7, 11) is 0. The lowest BCUT2D eigenvalue weighted by Crippen LogP contribution is -2.62. The minimum Gasteiger partial charge on any atom is -0.368 e. The number of carbonyl (C=O) groups is 2. The highest BCUT2D eigenvalue weighted by Crippen LogP contribution is 2.37. The molecule has 1 aromatic carbocycles. The SMILES string of the molecule is CC1(CN(CC2(C)CO2)C(=O)c2cccc(C(=O)N(N(CC3(C)CO3)CC3(C)CO3)N(CC3(C)CO3)CC3(C)CO3)c2)CO1. The highest BCUT2D eigenvalue weighted by molar-refractivity contribution is 5.99. The van der Waals surface area contributed by atoms with Crippen molar-refractivity contribution in [1.82, 2.24) is 20.0 Å². The Bertz CT molecular complexity index is 1210. The van der Waals surface area contributed by atoms with Crippen LogP contribution < -0.4 is 0 Å². The maximum absolute atomic E-state index is 14.8. The normalized spacial score (nSPS) is 39.3. The quantitative estimate of drug-likeness (QED) is 0.201. The van der Waals surface area contributed by atoms with Gasteiger partial charge in [-0.25, -0.2) is 0 Å². The van der Waals surface area contributed by atoms with Crippen LogP contribution in [0.2, 0.25) is 0 Å². The maximum Gasteiger partial charge on any atom is 0.283 e. The second-order valence-corrected chi connectivity index (χ2v) is 15.4. The summed E-state index contributed by atoms with van der Waals surface area (Å²) in [4.78, 5) is 30.5. The molecular formula is C32H46N4O8. The predicted molar refractivity (Wildman–Crippen MR) is 158 cm³/mol. The molecule has 1 aromatic rings. The lowest BCUT2D eigenvalue weighted by Gasteiger charge is -2.44. The Kier molecular flexibility index (Phi) is 7.05. The van der Waals surface area contributed by atoms with E-state index >= 15 is 0 Å². The largest absolute Gasteiger partial charge is 0.368 e. The van der Waals surface area contributed by atoms with Crippen molar-refractivity contribution in [2.24, 2.45) is 0 Å². The molecule has 6 heterocycles. The molecule has 0 aromatic heterocycles. The van der Waals surface area contributed by atoms with Crippen LogP contribution in [-0.2, 0) is 28.4 Å². The Balaban J connectivity index is 1.21. The number of hydrogen-bond acceptors (Lipinski definition) is 10. The van der Waals surface area contributed by atoms with Gasteiger partial charge in [0.05, 0.1) is 78.9 Å². The maximum atomic E-state index is 14.8. The molecule has 0 N–H and O–H groups in total. The van der Waals surface area contributed by atoms with E-state index in [9.17, 15) is 9.59 Å². The van der Waals surface area contributed by atoms with Gasteiger partial charge in [0.15, 0.2) is 0 Å². The fourth-order valence-electron chi connectivity index (χ4n) is 5.74. The standard InChI is InChI=1S/C32H46N4O8/c1-27(17-39-27)11-33(12-28(2)18-40-28)25(37)23-8-7-9-24(10-23)26(38)36(34(13-29(3)19-41-29)14-30(4)20-42-30)35(15-31(5)21-43-31)16-32(6)22-44-32/h7-10H,11-22H2,1-6H3. The molecule has 242 valence electrons. The van der Waals surface area contributed by atoms with E-state index in [-0.39, 0.29) is 45.4 Å². The zero-order chi connectivity index (χ0) is 31.2. The van der Waals surface area contributed by atoms with Gasteiger partial charge in [-0.3, -0.25) is 9.59 Å². The Hall–Kier alpha value is -2.16. The van der Waals surface area contributed by atoms with E-state index in [1.807, 2.05) is 13.8 Å². The van der Waals surface area contributed by atoms with Gasteiger partial charge < -0.3 is 33.3 Å². The number of epoxide rings is 6. The number of amides is 2. The fraction of sp³-hybridized carbons (Fsp3) is 0.750. The summed E-state index contributed by atoms with van der Waals surface area (Å²) in [5.74, 6) is -0.382. The number of carbonyl (C=O) groups excluding carboxylic acids is 2. The second kappa shape index (κ2) is 10.2. The summed E-state index contributed by atoms with van der Waals surface area (Å²) in [6, 6.07) is 7.04. The molecule has 0 saturated carbocycles. The molecule has 6 fully saturated rings. The van der Waals surface area contributed by atoms with Crippen LogP contribution in [0.15, 0.2) is 24.3 Å². The van der Waals surface area contributed by atoms with Crippen molar-refractivity contribution in [2.45, 2.75) is 75.1 Å². The molecule has 44 heavy (non-hydrogen) atoms. The first kappa shape index (κ1) is 30.5. The van der Waals surface area contributed by atoms with Crippen LogP contribution in [0.1, 0.15) is 62.3 Å². The number of nitrogens with zero attached hydrogens (tertiary/aromatic N) is 4. The number of rotatable bonds is 16. The lowest BCUT2D eigenvalue weighted by molar-refractivity contribution is -0.169. The average Bonchev–Trinajstić information content (AvgIpc) is 3.73. The van der Waals surface area contributed by atoms with Gasteiger partial charge in [-0.1, -0.05) is 6.07 Å². The molecule has 0 radical (unpaired) electrons. The van der Waals surface area contributed by atoms with Crippen molar-refractivity contribution in [1.29, 1.82) is 0 Å². The van der Waals surface area contributed by atoms with E-state index in [4.69, 9.17) is 28.4 Å². The average molecular weight is 615 g/mol. The number of hydrazine groups is 2. The summed E-state index contributed by atoms with van der Waals surface area (Å²) in [6.45, 7) is 18.9. The van der Waals surface area contributed by atoms with Gasteiger partial charge in [-0.15, -0.1) is 0 Å². The van der Waals surface area contributed by atoms with Crippen LogP contribution in [0.3, 0.4) is 0 Å². The van der Waals surface area contributed by atoms with Gasteiger partial charge in [0.25, 0.3) is 11.8 Å². The van der Waals surface area contributed by atoms with Crippen LogP contribution >= 0.6 is 0 Å². The summed E-state index contributed by atoms with van der Waals surface area (Å²) < 4.78 is 34.5. The second-order valence-electron chi connectivity index (χ2n) is 15.4. The van der Waals surface area contributed by atoms with Crippen molar-refractivity contribution >= 4 is 11.8 Å². The molecule has 12 nitrogen and oxygen atoms in total. The summed E-state index contributed by atoms with van der Waals surface area (Å²) in [5, 5.41) is 5.85. The summed E-state index contributed by atoms with van der Waals surface area (Å²) in [6.07, 6.45) is 0. The first-order valence-electron chi connectivity index (χ1n) is 15.7. The highest BCUT2D eigenvalue weighted by Gasteiger charge is 2.53. The van der Waals surface area contributed by atoms with E-state index < -0.39 is 0 Å². The molecule has 6 unspecified atom stereocenters. The van der Waals surface area contributed by atoms with E-state index in [1.165, 1.54) is 0 Å². The van der Waals surface area contributed by atoms with Crippen molar-refractivity contribution in [3.8, 4) is 0 Å². The third-order valence-electron chi connectivity index (χ3n) is 9.30. The minimum atomic E-state index is -0.365. The van der Waals surface area contributed by atoms with Crippen LogP contribution in [0.5, 0.6) is 0 Å². The minimum absolute atomic E-state index is 0.149. The monoisotopic (exact) mass is 614 g/mol. The zero-order valence-corrected chi connectivity index (χ0v) is 26.8. The van der Waals surface area contributed by atoms with E-state index in [0.717, 1.165) is 0 Å². The van der Waals surface area contributed by atoms with Crippen LogP contribution in [-0.4, -0.2) is 144 Å². The molecule has 2 amide bonds. The Labute approximate surface area is 259 Å². The Morgan fingerprint density at radius 1 is 0.545 bits per heavy atom. The van der Waals surface area contributed by atoms with Crippen molar-refractivity contribution in [2.75, 3.05) is 78.9 Å². The van der Waals surface area contributed by atoms with Crippen molar-refractivity contribution in [3.63, 3.8) is 0 Å². The van der Waals surface area contributed by atoms with Crippen LogP contribution in [0, 0.1) is 0 Å². The predicted octanol–water partition coefficient (Wildman–Crippen LogP) is 1.74. The molecule has 6 aliphatic heterocycles. The Morgan fingerprint density at radius 3 is 1.16 bits per heavy atom. The zero-order valence-electron chi connectivity index (χ0n) is 26.8. The number of benzene rings is 1. The van der Waals surface area contributed by atoms with Gasteiger partial charge in [0.1, 0.15) is 33.6 Å². The van der Waals surface area contributed by atoms with Gasteiger partial charge in [0, 0.05) is 11.1 Å². The van der Waals surface area contributed by atoms with Gasteiger partial charge in [-0.2, -0.15) is 15.1 Å². The van der Waals surface area contributed by atoms with Crippen molar-refractivity contribution < 1.29 is 38.0 Å².